The Balaban J connectivity index is 0. The topological polar surface area (TPSA) is 104 Å². The summed E-state index contributed by atoms with van der Waals surface area (Å²) in [5.74, 6) is 6.81. The van der Waals surface area contributed by atoms with Gasteiger partial charge in [0.05, 0.1) is 39.1 Å². The molecule has 0 fully saturated rings. The van der Waals surface area contributed by atoms with E-state index in [1.165, 1.54) is 0 Å². The first kappa shape index (κ1) is 33.4. The molecular formula is C29H50N2O7. The lowest BCUT2D eigenvalue weighted by atomic mass is 10.2. The second-order valence-corrected chi connectivity index (χ2v) is 8.98. The molecule has 1 rings (SSSR count). The van der Waals surface area contributed by atoms with Crippen LogP contribution in [0.15, 0.2) is 24.3 Å². The van der Waals surface area contributed by atoms with Crippen LogP contribution in [0.2, 0.25) is 0 Å². The van der Waals surface area contributed by atoms with E-state index in [4.69, 9.17) is 23.7 Å². The van der Waals surface area contributed by atoms with Gasteiger partial charge >= 0.3 is 0 Å². The molecule has 1 aromatic rings. The Morgan fingerprint density at radius 3 is 2.47 bits per heavy atom. The minimum Gasteiger partial charge on any atom is -0.491 e. The van der Waals surface area contributed by atoms with Crippen LogP contribution in [0.4, 0.5) is 0 Å². The minimum atomic E-state index is -0.122. The van der Waals surface area contributed by atoms with Crippen LogP contribution in [-0.2, 0) is 23.7 Å². The van der Waals surface area contributed by atoms with E-state index >= 15 is 0 Å². The van der Waals surface area contributed by atoms with E-state index in [2.05, 4.69) is 22.5 Å². The van der Waals surface area contributed by atoms with Crippen molar-refractivity contribution in [2.24, 2.45) is 5.92 Å². The largest absolute Gasteiger partial charge is 0.491 e. The number of carbonyl (C=O) groups excluding carboxylic acids is 2. The standard InChI is InChI=1S/C29H46N2O7.2H2/c1-5-13-31-29(33)26-10-6-11-27(22-26)38-23-25(4)37-21-20-36-19-18-35-16-8-12-28(32)30-14-17-34-15-7-9-24(2)3;;/h6,10-11,22,24-25H,5,8,12-21,23H2,1-4H3,(H,30,32)(H,31,33);2*1H/t25-;;/m1../s1. The van der Waals surface area contributed by atoms with Crippen molar-refractivity contribution in [1.82, 2.24) is 10.6 Å². The van der Waals surface area contributed by atoms with E-state index < -0.39 is 0 Å². The molecule has 9 nitrogen and oxygen atoms in total. The number of nitrogens with one attached hydrogen (secondary N) is 2. The van der Waals surface area contributed by atoms with E-state index in [9.17, 15) is 9.59 Å². The summed E-state index contributed by atoms with van der Waals surface area (Å²) in [6, 6.07) is 7.12. The fraction of sp³-hybridized carbons (Fsp3) is 0.655. The van der Waals surface area contributed by atoms with Gasteiger partial charge < -0.3 is 34.3 Å². The maximum absolute atomic E-state index is 12.1. The van der Waals surface area contributed by atoms with Gasteiger partial charge in [0.25, 0.3) is 5.91 Å². The molecule has 1 atom stereocenters. The molecule has 2 amide bonds. The third kappa shape index (κ3) is 18.6. The Hall–Kier alpha value is -2.64. The van der Waals surface area contributed by atoms with Gasteiger partial charge in [0, 0.05) is 40.5 Å². The highest BCUT2D eigenvalue weighted by Gasteiger charge is 2.08. The minimum absolute atomic E-state index is 0. The Labute approximate surface area is 231 Å². The first-order valence-electron chi connectivity index (χ1n) is 13.5. The van der Waals surface area contributed by atoms with Crippen LogP contribution in [0.3, 0.4) is 0 Å². The molecule has 0 saturated carbocycles. The van der Waals surface area contributed by atoms with Crippen LogP contribution >= 0.6 is 0 Å². The van der Waals surface area contributed by atoms with Gasteiger partial charge in [0.1, 0.15) is 19.0 Å². The lowest BCUT2D eigenvalue weighted by Gasteiger charge is -2.15. The lowest BCUT2D eigenvalue weighted by molar-refractivity contribution is -0.121. The highest BCUT2D eigenvalue weighted by molar-refractivity contribution is 5.94. The Kier molecular flexibility index (Phi) is 19.6. The number of hydrogen-bond acceptors (Lipinski definition) is 7. The van der Waals surface area contributed by atoms with Gasteiger partial charge in [-0.2, -0.15) is 0 Å². The molecule has 0 unspecified atom stereocenters. The highest BCUT2D eigenvalue weighted by Crippen LogP contribution is 2.14. The molecule has 0 aliphatic heterocycles. The Bertz CT molecular complexity index is 847. The summed E-state index contributed by atoms with van der Waals surface area (Å²) in [6.45, 7) is 12.7. The van der Waals surface area contributed by atoms with Crippen LogP contribution in [-0.4, -0.2) is 83.9 Å². The summed E-state index contributed by atoms with van der Waals surface area (Å²) in [4.78, 5) is 23.8. The average Bonchev–Trinajstić information content (AvgIpc) is 2.91. The van der Waals surface area contributed by atoms with Gasteiger partial charge in [-0.1, -0.05) is 38.7 Å². The van der Waals surface area contributed by atoms with E-state index in [1.807, 2.05) is 33.8 Å². The zero-order valence-electron chi connectivity index (χ0n) is 23.5. The molecule has 0 saturated heterocycles. The van der Waals surface area contributed by atoms with Gasteiger partial charge in [-0.15, -0.1) is 0 Å². The third-order valence-electron chi connectivity index (χ3n) is 4.94. The van der Waals surface area contributed by atoms with E-state index in [0.29, 0.717) is 96.0 Å². The molecule has 1 aromatic carbocycles. The van der Waals surface area contributed by atoms with Crippen molar-refractivity contribution in [1.29, 1.82) is 0 Å². The van der Waals surface area contributed by atoms with Crippen LogP contribution in [0.5, 0.6) is 5.75 Å². The fourth-order valence-electron chi connectivity index (χ4n) is 3.01. The summed E-state index contributed by atoms with van der Waals surface area (Å²) in [6.07, 6.45) is 1.84. The second-order valence-electron chi connectivity index (χ2n) is 8.98. The van der Waals surface area contributed by atoms with Crippen LogP contribution in [0.25, 0.3) is 0 Å². The molecule has 0 aliphatic carbocycles. The first-order valence-corrected chi connectivity index (χ1v) is 13.5. The molecule has 0 bridgehead atoms. The van der Waals surface area contributed by atoms with E-state index in [0.717, 1.165) is 6.42 Å². The van der Waals surface area contributed by atoms with E-state index in [1.54, 1.807) is 18.2 Å². The van der Waals surface area contributed by atoms with Gasteiger partial charge in [-0.25, -0.2) is 0 Å². The highest BCUT2D eigenvalue weighted by atomic mass is 16.6. The molecule has 0 aliphatic rings. The first-order chi connectivity index (χ1) is 18.4. The van der Waals surface area contributed by atoms with Crippen molar-refractivity contribution in [2.45, 2.75) is 53.1 Å². The van der Waals surface area contributed by atoms with Gasteiger partial charge in [0.15, 0.2) is 0 Å². The Morgan fingerprint density at radius 2 is 1.71 bits per heavy atom. The van der Waals surface area contributed by atoms with Crippen LogP contribution in [0.1, 0.15) is 60.2 Å². The third-order valence-corrected chi connectivity index (χ3v) is 4.94. The number of carbonyl (C=O) groups is 2. The van der Waals surface area contributed by atoms with Gasteiger partial charge in [0.2, 0.25) is 5.91 Å². The lowest BCUT2D eigenvalue weighted by Crippen LogP contribution is -2.27. The number of rotatable bonds is 21. The van der Waals surface area contributed by atoms with Crippen LogP contribution in [0, 0.1) is 17.8 Å². The molecule has 0 heterocycles. The van der Waals surface area contributed by atoms with Crippen molar-refractivity contribution >= 4 is 11.8 Å². The predicted molar refractivity (Wildman–Crippen MR) is 152 cm³/mol. The summed E-state index contributed by atoms with van der Waals surface area (Å²) in [5.41, 5.74) is 0.577. The number of benzene rings is 1. The zero-order valence-corrected chi connectivity index (χ0v) is 23.5. The number of amides is 2. The maximum atomic E-state index is 12.1. The molecule has 0 aromatic heterocycles. The molecule has 2 N–H and O–H groups in total. The summed E-state index contributed by atoms with van der Waals surface area (Å²) in [5, 5.41) is 5.67. The van der Waals surface area contributed by atoms with Crippen molar-refractivity contribution in [3.05, 3.63) is 29.8 Å². The maximum Gasteiger partial charge on any atom is 0.251 e. The molecule has 0 spiro atoms. The molecule has 0 radical (unpaired) electrons. The molecule has 218 valence electrons. The SMILES string of the molecule is CCCNC(=O)c1cccc(OC[C@@H](C)OCCOCCOCCCC(=O)NCCOCC#CC(C)C)c1.[HH].[HH]. The predicted octanol–water partition coefficient (Wildman–Crippen LogP) is 3.71. The summed E-state index contributed by atoms with van der Waals surface area (Å²) < 4.78 is 27.8. The zero-order chi connectivity index (χ0) is 27.8. The second kappa shape index (κ2) is 22.4. The van der Waals surface area contributed by atoms with Gasteiger partial charge in [-0.05, 0) is 38.0 Å². The van der Waals surface area contributed by atoms with Crippen molar-refractivity contribution in [2.75, 3.05) is 65.9 Å². The van der Waals surface area contributed by atoms with E-state index in [-0.39, 0.29) is 20.8 Å². The summed E-state index contributed by atoms with van der Waals surface area (Å²) in [7, 11) is 0. The van der Waals surface area contributed by atoms with Gasteiger partial charge in [-0.3, -0.25) is 9.59 Å². The van der Waals surface area contributed by atoms with Crippen LogP contribution < -0.4 is 15.4 Å². The van der Waals surface area contributed by atoms with Crippen molar-refractivity contribution in [3.63, 3.8) is 0 Å². The normalized spacial score (nSPS) is 11.5. The average molecular weight is 539 g/mol. The van der Waals surface area contributed by atoms with Crippen molar-refractivity contribution < 1.29 is 36.1 Å². The van der Waals surface area contributed by atoms with Crippen molar-refractivity contribution in [3.8, 4) is 17.6 Å². The smallest absolute Gasteiger partial charge is 0.251 e. The quantitative estimate of drug-likeness (QED) is 0.182. The Morgan fingerprint density at radius 1 is 0.947 bits per heavy atom. The number of ether oxygens (including phenoxy) is 5. The summed E-state index contributed by atoms with van der Waals surface area (Å²) >= 11 is 0. The number of hydrogen-bond donors (Lipinski definition) is 2. The molecule has 38 heavy (non-hydrogen) atoms. The fourth-order valence-corrected chi connectivity index (χ4v) is 3.01. The molecular weight excluding hydrogens is 488 g/mol. The molecule has 9 heteroatoms. The monoisotopic (exact) mass is 538 g/mol.